The lowest BCUT2D eigenvalue weighted by atomic mass is 10.2. The van der Waals surface area contributed by atoms with Crippen LogP contribution in [-0.2, 0) is 4.79 Å². The molecule has 0 saturated carbocycles. The van der Waals surface area contributed by atoms with Crippen molar-refractivity contribution in [3.63, 3.8) is 0 Å². The number of hydrazone groups is 1. The standard InChI is InChI=1S/C18H17BrN2O5/c1-2-24-15-8-11(7-12(19)17(15)22)9-20-21-18(23)16-10-25-13-5-3-4-6-14(13)26-16/h3-9,16,22H,2,10H2,1H3,(H,21,23)/b20-9+/t16-/m1/s1. The average Bonchev–Trinajstić information content (AvgIpc) is 2.65. The van der Waals surface area contributed by atoms with E-state index in [2.05, 4.69) is 26.5 Å². The molecule has 2 N–H and O–H groups in total. The molecule has 0 aromatic heterocycles. The number of fused-ring (bicyclic) bond motifs is 1. The summed E-state index contributed by atoms with van der Waals surface area (Å²) in [4.78, 5) is 12.2. The molecule has 7 nitrogen and oxygen atoms in total. The lowest BCUT2D eigenvalue weighted by Crippen LogP contribution is -2.42. The highest BCUT2D eigenvalue weighted by atomic mass is 79.9. The summed E-state index contributed by atoms with van der Waals surface area (Å²) in [6, 6.07) is 10.4. The molecule has 0 bridgehead atoms. The Bertz CT molecular complexity index is 840. The minimum Gasteiger partial charge on any atom is -0.503 e. The molecule has 0 aliphatic carbocycles. The highest BCUT2D eigenvalue weighted by Gasteiger charge is 2.26. The number of phenolic OH excluding ortho intramolecular Hbond substituents is 1. The third-order valence-electron chi connectivity index (χ3n) is 3.54. The highest BCUT2D eigenvalue weighted by Crippen LogP contribution is 2.35. The Morgan fingerprint density at radius 1 is 1.42 bits per heavy atom. The molecule has 1 aliphatic rings. The molecule has 0 saturated heterocycles. The molecule has 0 unspecified atom stereocenters. The van der Waals surface area contributed by atoms with Gasteiger partial charge in [0.1, 0.15) is 6.61 Å². The quantitative estimate of drug-likeness (QED) is 0.573. The van der Waals surface area contributed by atoms with Crippen molar-refractivity contribution < 1.29 is 24.1 Å². The molecule has 8 heteroatoms. The number of rotatable bonds is 5. The molecule has 1 heterocycles. The van der Waals surface area contributed by atoms with Crippen molar-refractivity contribution in [1.29, 1.82) is 0 Å². The van der Waals surface area contributed by atoms with Gasteiger partial charge in [0.05, 0.1) is 17.3 Å². The normalized spacial score (nSPS) is 15.7. The van der Waals surface area contributed by atoms with E-state index < -0.39 is 12.0 Å². The van der Waals surface area contributed by atoms with Gasteiger partial charge in [-0.25, -0.2) is 5.43 Å². The fraction of sp³-hybridized carbons (Fsp3) is 0.222. The number of ether oxygens (including phenoxy) is 3. The first-order chi connectivity index (χ1) is 12.6. The van der Waals surface area contributed by atoms with E-state index in [1.54, 1.807) is 30.3 Å². The zero-order chi connectivity index (χ0) is 18.5. The fourth-order valence-corrected chi connectivity index (χ4v) is 2.78. The van der Waals surface area contributed by atoms with Crippen LogP contribution in [0.1, 0.15) is 12.5 Å². The van der Waals surface area contributed by atoms with E-state index in [1.807, 2.05) is 13.0 Å². The summed E-state index contributed by atoms with van der Waals surface area (Å²) in [5.41, 5.74) is 3.07. The number of hydrogen-bond donors (Lipinski definition) is 2. The lowest BCUT2D eigenvalue weighted by molar-refractivity contribution is -0.130. The first-order valence-corrected chi connectivity index (χ1v) is 8.74. The monoisotopic (exact) mass is 420 g/mol. The number of carbonyl (C=O) groups excluding carboxylic acids is 1. The Kier molecular flexibility index (Phi) is 5.62. The number of benzene rings is 2. The molecule has 0 fully saturated rings. The molecule has 0 spiro atoms. The van der Waals surface area contributed by atoms with Crippen molar-refractivity contribution in [2.75, 3.05) is 13.2 Å². The smallest absolute Gasteiger partial charge is 0.284 e. The Morgan fingerprint density at radius 3 is 2.96 bits per heavy atom. The van der Waals surface area contributed by atoms with Crippen molar-refractivity contribution in [3.05, 3.63) is 46.4 Å². The van der Waals surface area contributed by atoms with Gasteiger partial charge in [-0.05, 0) is 52.7 Å². The summed E-state index contributed by atoms with van der Waals surface area (Å²) >= 11 is 3.25. The van der Waals surface area contributed by atoms with Crippen LogP contribution in [0.5, 0.6) is 23.0 Å². The first-order valence-electron chi connectivity index (χ1n) is 7.95. The number of hydrogen-bond acceptors (Lipinski definition) is 6. The Morgan fingerprint density at radius 2 is 2.19 bits per heavy atom. The largest absolute Gasteiger partial charge is 0.503 e. The minimum absolute atomic E-state index is 0.0134. The lowest BCUT2D eigenvalue weighted by Gasteiger charge is -2.24. The maximum Gasteiger partial charge on any atom is 0.284 e. The zero-order valence-corrected chi connectivity index (χ0v) is 15.5. The van der Waals surface area contributed by atoms with E-state index in [9.17, 15) is 9.90 Å². The van der Waals surface area contributed by atoms with E-state index >= 15 is 0 Å². The summed E-state index contributed by atoms with van der Waals surface area (Å²) in [5, 5.41) is 13.8. The van der Waals surface area contributed by atoms with E-state index in [4.69, 9.17) is 14.2 Å². The summed E-state index contributed by atoms with van der Waals surface area (Å²) in [7, 11) is 0. The second kappa shape index (κ2) is 8.09. The molecule has 136 valence electrons. The number of amides is 1. The van der Waals surface area contributed by atoms with Crippen LogP contribution in [0.15, 0.2) is 46.0 Å². The summed E-state index contributed by atoms with van der Waals surface area (Å²) in [5.74, 6) is 1.05. The molecule has 2 aromatic rings. The van der Waals surface area contributed by atoms with Gasteiger partial charge in [0.2, 0.25) is 6.10 Å². The minimum atomic E-state index is -0.785. The molecular weight excluding hydrogens is 404 g/mol. The van der Waals surface area contributed by atoms with Gasteiger partial charge in [-0.2, -0.15) is 5.10 Å². The van der Waals surface area contributed by atoms with Crippen molar-refractivity contribution in [2.45, 2.75) is 13.0 Å². The van der Waals surface area contributed by atoms with Gasteiger partial charge in [0, 0.05) is 0 Å². The van der Waals surface area contributed by atoms with Crippen LogP contribution in [0.4, 0.5) is 0 Å². The van der Waals surface area contributed by atoms with Gasteiger partial charge in [-0.3, -0.25) is 4.79 Å². The second-order valence-corrected chi connectivity index (χ2v) is 6.24. The van der Waals surface area contributed by atoms with Crippen molar-refractivity contribution in [2.24, 2.45) is 5.10 Å². The highest BCUT2D eigenvalue weighted by molar-refractivity contribution is 9.10. The van der Waals surface area contributed by atoms with E-state index in [1.165, 1.54) is 6.21 Å². The summed E-state index contributed by atoms with van der Waals surface area (Å²) in [6.07, 6.45) is 0.662. The van der Waals surface area contributed by atoms with Gasteiger partial charge >= 0.3 is 0 Å². The molecule has 2 aromatic carbocycles. The predicted molar refractivity (Wildman–Crippen MR) is 99.1 cm³/mol. The van der Waals surface area contributed by atoms with Crippen molar-refractivity contribution in [3.8, 4) is 23.0 Å². The number of phenols is 1. The topological polar surface area (TPSA) is 89.4 Å². The van der Waals surface area contributed by atoms with Crippen LogP contribution in [0, 0.1) is 0 Å². The molecule has 0 radical (unpaired) electrons. The van der Waals surface area contributed by atoms with Crippen LogP contribution < -0.4 is 19.6 Å². The number of nitrogens with zero attached hydrogens (tertiary/aromatic N) is 1. The van der Waals surface area contributed by atoms with Gasteiger partial charge in [0.15, 0.2) is 23.0 Å². The van der Waals surface area contributed by atoms with E-state index in [0.29, 0.717) is 33.9 Å². The van der Waals surface area contributed by atoms with Crippen LogP contribution in [0.25, 0.3) is 0 Å². The first kappa shape index (κ1) is 18.1. The third-order valence-corrected chi connectivity index (χ3v) is 4.14. The summed E-state index contributed by atoms with van der Waals surface area (Å²) < 4.78 is 16.9. The van der Waals surface area contributed by atoms with E-state index in [-0.39, 0.29) is 12.4 Å². The maximum absolute atomic E-state index is 12.2. The van der Waals surface area contributed by atoms with E-state index in [0.717, 1.165) is 0 Å². The number of halogens is 1. The number of para-hydroxylation sites is 2. The number of aromatic hydroxyl groups is 1. The predicted octanol–water partition coefficient (Wildman–Crippen LogP) is 2.84. The molecule has 26 heavy (non-hydrogen) atoms. The second-order valence-electron chi connectivity index (χ2n) is 5.38. The summed E-state index contributed by atoms with van der Waals surface area (Å²) in [6.45, 7) is 2.34. The average molecular weight is 421 g/mol. The van der Waals surface area contributed by atoms with Crippen LogP contribution in [-0.4, -0.2) is 36.5 Å². The van der Waals surface area contributed by atoms with Crippen LogP contribution in [0.3, 0.4) is 0 Å². The number of nitrogens with one attached hydrogen (secondary N) is 1. The van der Waals surface area contributed by atoms with Crippen LogP contribution >= 0.6 is 15.9 Å². The molecule has 1 atom stereocenters. The zero-order valence-electron chi connectivity index (χ0n) is 13.9. The fourth-order valence-electron chi connectivity index (χ4n) is 2.33. The van der Waals surface area contributed by atoms with Crippen LogP contribution in [0.2, 0.25) is 0 Å². The maximum atomic E-state index is 12.2. The number of carbonyl (C=O) groups is 1. The third kappa shape index (κ3) is 4.08. The van der Waals surface area contributed by atoms with Crippen molar-refractivity contribution >= 4 is 28.1 Å². The Hall–Kier alpha value is -2.74. The Balaban J connectivity index is 1.63. The molecule has 3 rings (SSSR count). The molecular formula is C18H17BrN2O5. The SMILES string of the molecule is CCOc1cc(/C=N/NC(=O)[C@H]2COc3ccccc3O2)cc(Br)c1O. The van der Waals surface area contributed by atoms with Gasteiger partial charge in [0.25, 0.3) is 5.91 Å². The Labute approximate surface area is 158 Å². The molecule has 1 aliphatic heterocycles. The van der Waals surface area contributed by atoms with Crippen molar-refractivity contribution in [1.82, 2.24) is 5.43 Å². The van der Waals surface area contributed by atoms with Gasteiger partial charge in [-0.15, -0.1) is 0 Å². The van der Waals surface area contributed by atoms with Gasteiger partial charge < -0.3 is 19.3 Å². The molecule has 1 amide bonds. The van der Waals surface area contributed by atoms with Gasteiger partial charge in [-0.1, -0.05) is 12.1 Å².